The molecule has 18 heavy (non-hydrogen) atoms. The number of unbranched alkanes of at least 4 members (excludes halogenated alkanes) is 1. The van der Waals surface area contributed by atoms with Gasteiger partial charge >= 0.3 is 0 Å². The lowest BCUT2D eigenvalue weighted by Crippen LogP contribution is -2.35. The molecule has 0 radical (unpaired) electrons. The third-order valence-corrected chi connectivity index (χ3v) is 3.95. The van der Waals surface area contributed by atoms with Crippen LogP contribution in [0, 0.1) is 5.92 Å². The summed E-state index contributed by atoms with van der Waals surface area (Å²) in [7, 11) is 0. The molecule has 1 aliphatic rings. The fraction of sp³-hybridized carbons (Fsp3) is 1.00. The van der Waals surface area contributed by atoms with E-state index in [0.717, 1.165) is 32.2 Å². The molecule has 0 aromatic heterocycles. The molecule has 2 unspecified atom stereocenters. The van der Waals surface area contributed by atoms with Gasteiger partial charge in [0, 0.05) is 18.9 Å². The molecule has 1 N–H and O–H groups in total. The Hall–Kier alpha value is -0.180. The second-order valence-corrected chi connectivity index (χ2v) is 5.85. The molecule has 1 nitrogen and oxygen atoms in total. The van der Waals surface area contributed by atoms with E-state index in [2.05, 4.69) is 19.2 Å². The summed E-state index contributed by atoms with van der Waals surface area (Å²) in [6.45, 7) is 5.35. The van der Waals surface area contributed by atoms with Gasteiger partial charge in [-0.15, -0.1) is 0 Å². The predicted octanol–water partition coefficient (Wildman–Crippen LogP) is 4.76. The van der Waals surface area contributed by atoms with Gasteiger partial charge in [-0.05, 0) is 44.6 Å². The van der Waals surface area contributed by atoms with Gasteiger partial charge in [0.05, 0.1) is 0 Å². The van der Waals surface area contributed by atoms with Crippen molar-refractivity contribution in [3.63, 3.8) is 0 Å². The van der Waals surface area contributed by atoms with Crippen molar-refractivity contribution in [1.82, 2.24) is 5.32 Å². The molecule has 0 amide bonds. The fourth-order valence-electron chi connectivity index (χ4n) is 2.98. The maximum atomic E-state index is 13.4. The first kappa shape index (κ1) is 15.9. The summed E-state index contributed by atoms with van der Waals surface area (Å²) < 4.78 is 26.8. The fourth-order valence-corrected chi connectivity index (χ4v) is 2.98. The first-order chi connectivity index (χ1) is 8.57. The van der Waals surface area contributed by atoms with Gasteiger partial charge in [0.1, 0.15) is 0 Å². The predicted molar refractivity (Wildman–Crippen MR) is 73.1 cm³/mol. The van der Waals surface area contributed by atoms with Crippen LogP contribution in [0.2, 0.25) is 0 Å². The smallest absolute Gasteiger partial charge is 0.248 e. The molecule has 0 heterocycles. The van der Waals surface area contributed by atoms with Crippen LogP contribution in [0.1, 0.15) is 71.6 Å². The Balaban J connectivity index is 2.37. The van der Waals surface area contributed by atoms with Gasteiger partial charge in [0.15, 0.2) is 0 Å². The minimum absolute atomic E-state index is 0.103. The van der Waals surface area contributed by atoms with E-state index in [0.29, 0.717) is 12.5 Å². The number of nitrogens with one attached hydrogen (secondary N) is 1. The topological polar surface area (TPSA) is 12.0 Å². The van der Waals surface area contributed by atoms with Crippen LogP contribution in [-0.2, 0) is 0 Å². The molecule has 1 aliphatic carbocycles. The van der Waals surface area contributed by atoms with Crippen LogP contribution in [-0.4, -0.2) is 18.5 Å². The highest BCUT2D eigenvalue weighted by Gasteiger charge is 2.36. The van der Waals surface area contributed by atoms with Crippen molar-refractivity contribution in [2.24, 2.45) is 5.92 Å². The average Bonchev–Trinajstić information content (AvgIpc) is 2.31. The lowest BCUT2D eigenvalue weighted by atomic mass is 9.82. The van der Waals surface area contributed by atoms with Crippen LogP contribution in [0.3, 0.4) is 0 Å². The normalized spacial score (nSPS) is 25.0. The van der Waals surface area contributed by atoms with Crippen LogP contribution in [0.4, 0.5) is 8.78 Å². The molecule has 1 fully saturated rings. The molecular weight excluding hydrogens is 232 g/mol. The molecule has 108 valence electrons. The van der Waals surface area contributed by atoms with Gasteiger partial charge in [0.25, 0.3) is 0 Å². The summed E-state index contributed by atoms with van der Waals surface area (Å²) in [4.78, 5) is 0. The molecule has 0 spiro atoms. The zero-order chi connectivity index (χ0) is 13.4. The third kappa shape index (κ3) is 6.12. The van der Waals surface area contributed by atoms with E-state index in [9.17, 15) is 8.78 Å². The highest BCUT2D eigenvalue weighted by molar-refractivity contribution is 4.82. The molecule has 1 saturated carbocycles. The van der Waals surface area contributed by atoms with Crippen LogP contribution < -0.4 is 5.32 Å². The van der Waals surface area contributed by atoms with E-state index in [1.165, 1.54) is 12.8 Å². The molecular formula is C15H29F2N. The Labute approximate surface area is 111 Å². The first-order valence-electron chi connectivity index (χ1n) is 7.68. The Morgan fingerprint density at radius 1 is 1.28 bits per heavy atom. The van der Waals surface area contributed by atoms with Crippen molar-refractivity contribution < 1.29 is 8.78 Å². The molecule has 3 heteroatoms. The summed E-state index contributed by atoms with van der Waals surface area (Å²) >= 11 is 0. The largest absolute Gasteiger partial charge is 0.314 e. The number of rotatable bonds is 8. The molecule has 0 aliphatic heterocycles. The quantitative estimate of drug-likeness (QED) is 0.664. The SMILES string of the molecule is CCCCC(CC1CCCC(F)(F)C1)NCCC. The second kappa shape index (κ2) is 8.08. The minimum Gasteiger partial charge on any atom is -0.314 e. The molecule has 0 saturated heterocycles. The number of hydrogen-bond donors (Lipinski definition) is 1. The molecule has 1 rings (SSSR count). The summed E-state index contributed by atoms with van der Waals surface area (Å²) in [5.41, 5.74) is 0. The summed E-state index contributed by atoms with van der Waals surface area (Å²) in [5, 5.41) is 3.53. The highest BCUT2D eigenvalue weighted by atomic mass is 19.3. The third-order valence-electron chi connectivity index (χ3n) is 3.95. The lowest BCUT2D eigenvalue weighted by molar-refractivity contribution is -0.0548. The van der Waals surface area contributed by atoms with Crippen molar-refractivity contribution in [3.05, 3.63) is 0 Å². The van der Waals surface area contributed by atoms with Crippen LogP contribution in [0.15, 0.2) is 0 Å². The van der Waals surface area contributed by atoms with Crippen LogP contribution >= 0.6 is 0 Å². The van der Waals surface area contributed by atoms with E-state index >= 15 is 0 Å². The average molecular weight is 261 g/mol. The van der Waals surface area contributed by atoms with Gasteiger partial charge in [-0.2, -0.15) is 0 Å². The Bertz CT molecular complexity index is 211. The van der Waals surface area contributed by atoms with Crippen LogP contribution in [0.25, 0.3) is 0 Å². The molecule has 0 aromatic rings. The summed E-state index contributed by atoms with van der Waals surface area (Å²) in [6, 6.07) is 0.448. The molecule has 2 atom stereocenters. The number of halogens is 2. The van der Waals surface area contributed by atoms with Crippen molar-refractivity contribution in [1.29, 1.82) is 0 Å². The minimum atomic E-state index is -2.40. The standard InChI is InChI=1S/C15H29F2N/c1-3-5-8-14(18-10-4-2)11-13-7-6-9-15(16,17)12-13/h13-14,18H,3-12H2,1-2H3. The maximum absolute atomic E-state index is 13.4. The van der Waals surface area contributed by atoms with Crippen molar-refractivity contribution in [2.75, 3.05) is 6.54 Å². The van der Waals surface area contributed by atoms with Crippen LogP contribution in [0.5, 0.6) is 0 Å². The van der Waals surface area contributed by atoms with E-state index in [1.54, 1.807) is 0 Å². The van der Waals surface area contributed by atoms with Gasteiger partial charge in [-0.1, -0.05) is 26.7 Å². The first-order valence-corrected chi connectivity index (χ1v) is 7.68. The second-order valence-electron chi connectivity index (χ2n) is 5.85. The number of hydrogen-bond acceptors (Lipinski definition) is 1. The zero-order valence-electron chi connectivity index (χ0n) is 12.0. The van der Waals surface area contributed by atoms with Crippen molar-refractivity contribution >= 4 is 0 Å². The van der Waals surface area contributed by atoms with E-state index in [1.807, 2.05) is 0 Å². The van der Waals surface area contributed by atoms with E-state index < -0.39 is 5.92 Å². The highest BCUT2D eigenvalue weighted by Crippen LogP contribution is 2.38. The van der Waals surface area contributed by atoms with E-state index in [-0.39, 0.29) is 18.8 Å². The van der Waals surface area contributed by atoms with Gasteiger partial charge < -0.3 is 5.32 Å². The monoisotopic (exact) mass is 261 g/mol. The summed E-state index contributed by atoms with van der Waals surface area (Å²) in [5.74, 6) is -2.18. The lowest BCUT2D eigenvalue weighted by Gasteiger charge is -2.31. The van der Waals surface area contributed by atoms with Gasteiger partial charge in [0.2, 0.25) is 5.92 Å². The molecule has 0 bridgehead atoms. The Morgan fingerprint density at radius 3 is 2.67 bits per heavy atom. The zero-order valence-corrected chi connectivity index (χ0v) is 12.0. The van der Waals surface area contributed by atoms with E-state index in [4.69, 9.17) is 0 Å². The van der Waals surface area contributed by atoms with Crippen molar-refractivity contribution in [3.8, 4) is 0 Å². The van der Waals surface area contributed by atoms with Gasteiger partial charge in [-0.3, -0.25) is 0 Å². The number of alkyl halides is 2. The Kier molecular flexibility index (Phi) is 7.13. The maximum Gasteiger partial charge on any atom is 0.248 e. The van der Waals surface area contributed by atoms with Gasteiger partial charge in [-0.25, -0.2) is 8.78 Å². The Morgan fingerprint density at radius 2 is 2.06 bits per heavy atom. The van der Waals surface area contributed by atoms with Crippen molar-refractivity contribution in [2.45, 2.75) is 83.6 Å². The molecule has 0 aromatic carbocycles. The summed E-state index contributed by atoms with van der Waals surface area (Å²) in [6.07, 6.45) is 7.49.